The van der Waals surface area contributed by atoms with Gasteiger partial charge < -0.3 is 29.3 Å². The summed E-state index contributed by atoms with van der Waals surface area (Å²) in [7, 11) is 0. The van der Waals surface area contributed by atoms with Gasteiger partial charge in [0.2, 0.25) is 5.75 Å². The lowest BCUT2D eigenvalue weighted by Gasteiger charge is -2.37. The van der Waals surface area contributed by atoms with Gasteiger partial charge in [0.05, 0.1) is 31.2 Å². The van der Waals surface area contributed by atoms with Crippen LogP contribution in [0.15, 0.2) is 30.3 Å². The van der Waals surface area contributed by atoms with Crippen LogP contribution < -0.4 is 24.4 Å². The molecule has 1 aliphatic rings. The van der Waals surface area contributed by atoms with Gasteiger partial charge in [-0.15, -0.1) is 0 Å². The van der Waals surface area contributed by atoms with Gasteiger partial charge >= 0.3 is 12.1 Å². The standard InChI is InChI=1S/C25H29ClF3N3O5/c1-4-35-20-13-16(14-21(36-5-2)22(20)37-6-3)23(33)30-18-15-17(26)7-8-19(18)31-9-11-32(12-10-31)24(34)25(27,28)29/h7-8,13-15H,4-6,9-12H2,1-3H3,(H,30,33). The minimum atomic E-state index is -4.92. The van der Waals surface area contributed by atoms with Crippen LogP contribution in [0.4, 0.5) is 24.5 Å². The van der Waals surface area contributed by atoms with Gasteiger partial charge in [0.15, 0.2) is 11.5 Å². The Balaban J connectivity index is 1.86. The molecule has 0 unspecified atom stereocenters. The van der Waals surface area contributed by atoms with Crippen molar-refractivity contribution in [1.82, 2.24) is 4.90 Å². The number of amides is 2. The Bertz CT molecular complexity index is 1090. The van der Waals surface area contributed by atoms with E-state index in [4.69, 9.17) is 25.8 Å². The van der Waals surface area contributed by atoms with Crippen LogP contribution in [-0.4, -0.2) is 68.9 Å². The maximum atomic E-state index is 13.3. The molecule has 0 bridgehead atoms. The van der Waals surface area contributed by atoms with Crippen LogP contribution in [0.2, 0.25) is 5.02 Å². The van der Waals surface area contributed by atoms with Gasteiger partial charge in [-0.25, -0.2) is 0 Å². The number of hydrogen-bond acceptors (Lipinski definition) is 6. The molecule has 0 spiro atoms. The highest BCUT2D eigenvalue weighted by Gasteiger charge is 2.43. The number of carbonyl (C=O) groups excluding carboxylic acids is 2. The Morgan fingerprint density at radius 2 is 1.49 bits per heavy atom. The van der Waals surface area contributed by atoms with Crippen LogP contribution in [0.25, 0.3) is 0 Å². The van der Waals surface area contributed by atoms with Crippen molar-refractivity contribution >= 4 is 34.8 Å². The second-order valence-corrected chi connectivity index (χ2v) is 8.43. The highest BCUT2D eigenvalue weighted by atomic mass is 35.5. The van der Waals surface area contributed by atoms with Gasteiger partial charge in [0, 0.05) is 36.8 Å². The van der Waals surface area contributed by atoms with E-state index < -0.39 is 18.0 Å². The predicted octanol–water partition coefficient (Wildman–Crippen LogP) is 5.00. The van der Waals surface area contributed by atoms with Gasteiger partial charge in [-0.1, -0.05) is 11.6 Å². The molecule has 37 heavy (non-hydrogen) atoms. The molecule has 0 atom stereocenters. The molecular weight excluding hydrogens is 515 g/mol. The molecule has 202 valence electrons. The Hall–Kier alpha value is -3.34. The summed E-state index contributed by atoms with van der Waals surface area (Å²) >= 11 is 6.18. The maximum absolute atomic E-state index is 13.3. The molecule has 3 rings (SSSR count). The second-order valence-electron chi connectivity index (χ2n) is 7.99. The minimum absolute atomic E-state index is 0.108. The molecule has 1 aliphatic heterocycles. The van der Waals surface area contributed by atoms with Crippen molar-refractivity contribution in [2.24, 2.45) is 0 Å². The Labute approximate surface area is 218 Å². The van der Waals surface area contributed by atoms with E-state index in [1.165, 1.54) is 0 Å². The molecule has 1 heterocycles. The van der Waals surface area contributed by atoms with Crippen molar-refractivity contribution in [1.29, 1.82) is 0 Å². The van der Waals surface area contributed by atoms with Gasteiger partial charge in [0.1, 0.15) is 0 Å². The molecule has 1 N–H and O–H groups in total. The van der Waals surface area contributed by atoms with Crippen LogP contribution in [0.3, 0.4) is 0 Å². The first-order chi connectivity index (χ1) is 17.6. The molecule has 0 radical (unpaired) electrons. The monoisotopic (exact) mass is 543 g/mol. The first-order valence-electron chi connectivity index (χ1n) is 11.9. The van der Waals surface area contributed by atoms with Crippen molar-refractivity contribution in [3.8, 4) is 17.2 Å². The number of benzene rings is 2. The first-order valence-corrected chi connectivity index (χ1v) is 12.2. The molecule has 12 heteroatoms. The third-order valence-electron chi connectivity index (χ3n) is 5.53. The molecular formula is C25H29ClF3N3O5. The zero-order chi connectivity index (χ0) is 27.2. The van der Waals surface area contributed by atoms with Crippen LogP contribution in [-0.2, 0) is 4.79 Å². The zero-order valence-corrected chi connectivity index (χ0v) is 21.5. The van der Waals surface area contributed by atoms with E-state index in [2.05, 4.69) is 5.32 Å². The van der Waals surface area contributed by atoms with Crippen molar-refractivity contribution in [2.75, 3.05) is 56.2 Å². The number of nitrogens with one attached hydrogen (secondary N) is 1. The minimum Gasteiger partial charge on any atom is -0.490 e. The summed E-state index contributed by atoms with van der Waals surface area (Å²) in [6, 6.07) is 7.96. The lowest BCUT2D eigenvalue weighted by molar-refractivity contribution is -0.185. The summed E-state index contributed by atoms with van der Waals surface area (Å²) in [4.78, 5) is 27.4. The molecule has 8 nitrogen and oxygen atoms in total. The van der Waals surface area contributed by atoms with Crippen molar-refractivity contribution in [2.45, 2.75) is 26.9 Å². The van der Waals surface area contributed by atoms with E-state index in [1.54, 1.807) is 35.2 Å². The summed E-state index contributed by atoms with van der Waals surface area (Å²) in [5.41, 5.74) is 1.19. The topological polar surface area (TPSA) is 80.3 Å². The Kier molecular flexibility index (Phi) is 9.36. The van der Waals surface area contributed by atoms with Crippen LogP contribution in [0.1, 0.15) is 31.1 Å². The number of nitrogens with zero attached hydrogens (tertiary/aromatic N) is 2. The number of rotatable bonds is 9. The SMILES string of the molecule is CCOc1cc(C(=O)Nc2cc(Cl)ccc2N2CCN(C(=O)C(F)(F)F)CC2)cc(OCC)c1OCC. The molecule has 1 saturated heterocycles. The maximum Gasteiger partial charge on any atom is 0.471 e. The van der Waals surface area contributed by atoms with Crippen LogP contribution >= 0.6 is 11.6 Å². The molecule has 0 aromatic heterocycles. The number of alkyl halides is 3. The van der Waals surface area contributed by atoms with Crippen molar-refractivity contribution in [3.63, 3.8) is 0 Å². The number of anilines is 2. The molecule has 0 aliphatic carbocycles. The van der Waals surface area contributed by atoms with E-state index in [9.17, 15) is 22.8 Å². The first kappa shape index (κ1) is 28.2. The van der Waals surface area contributed by atoms with Gasteiger partial charge in [-0.3, -0.25) is 9.59 Å². The lowest BCUT2D eigenvalue weighted by atomic mass is 10.1. The van der Waals surface area contributed by atoms with E-state index >= 15 is 0 Å². The van der Waals surface area contributed by atoms with Crippen molar-refractivity contribution < 1.29 is 37.0 Å². The molecule has 2 aromatic carbocycles. The number of carbonyl (C=O) groups is 2. The third-order valence-corrected chi connectivity index (χ3v) is 5.76. The normalized spacial score (nSPS) is 13.8. The molecule has 0 saturated carbocycles. The van der Waals surface area contributed by atoms with Crippen LogP contribution in [0, 0.1) is 0 Å². The summed E-state index contributed by atoms with van der Waals surface area (Å²) in [6.45, 7) is 6.59. The summed E-state index contributed by atoms with van der Waals surface area (Å²) in [5.74, 6) is -1.21. The fourth-order valence-electron chi connectivity index (χ4n) is 3.93. The lowest BCUT2D eigenvalue weighted by Crippen LogP contribution is -2.52. The number of ether oxygens (including phenoxy) is 3. The smallest absolute Gasteiger partial charge is 0.471 e. The largest absolute Gasteiger partial charge is 0.490 e. The highest BCUT2D eigenvalue weighted by Crippen LogP contribution is 2.40. The van der Waals surface area contributed by atoms with E-state index in [0.717, 1.165) is 4.90 Å². The fourth-order valence-corrected chi connectivity index (χ4v) is 4.10. The average Bonchev–Trinajstić information content (AvgIpc) is 2.85. The quantitative estimate of drug-likeness (QED) is 0.479. The summed E-state index contributed by atoms with van der Waals surface area (Å²) < 4.78 is 55.4. The third kappa shape index (κ3) is 6.91. The highest BCUT2D eigenvalue weighted by molar-refractivity contribution is 6.31. The zero-order valence-electron chi connectivity index (χ0n) is 20.8. The van der Waals surface area contributed by atoms with Crippen molar-refractivity contribution in [3.05, 3.63) is 40.9 Å². The second kappa shape index (κ2) is 12.3. The molecule has 2 aromatic rings. The average molecular weight is 544 g/mol. The van der Waals surface area contributed by atoms with E-state index in [1.807, 2.05) is 20.8 Å². The molecule has 2 amide bonds. The fraction of sp³-hybridized carbons (Fsp3) is 0.440. The summed E-state index contributed by atoms with van der Waals surface area (Å²) in [5, 5.41) is 3.20. The molecule has 1 fully saturated rings. The van der Waals surface area contributed by atoms with Crippen LogP contribution in [0.5, 0.6) is 17.2 Å². The van der Waals surface area contributed by atoms with Gasteiger partial charge in [0.25, 0.3) is 5.91 Å². The van der Waals surface area contributed by atoms with Gasteiger partial charge in [-0.2, -0.15) is 13.2 Å². The van der Waals surface area contributed by atoms with E-state index in [0.29, 0.717) is 53.5 Å². The Morgan fingerprint density at radius 1 is 0.919 bits per heavy atom. The number of halogens is 4. The number of piperazine rings is 1. The number of hydrogen-bond donors (Lipinski definition) is 1. The van der Waals surface area contributed by atoms with E-state index in [-0.39, 0.29) is 31.7 Å². The van der Waals surface area contributed by atoms with Gasteiger partial charge in [-0.05, 0) is 51.1 Å². The summed E-state index contributed by atoms with van der Waals surface area (Å²) in [6.07, 6.45) is -4.92. The predicted molar refractivity (Wildman–Crippen MR) is 134 cm³/mol. The Morgan fingerprint density at radius 3 is 2.00 bits per heavy atom.